The molecule has 37 heavy (non-hydrogen) atoms. The number of carbonyl (C=O) groups is 2. The molecule has 0 radical (unpaired) electrons. The van der Waals surface area contributed by atoms with Gasteiger partial charge < -0.3 is 13.7 Å². The lowest BCUT2D eigenvalue weighted by Gasteiger charge is -2.13. The Balaban J connectivity index is 1.45. The fraction of sp³-hybridized carbons (Fsp3) is 0.154. The van der Waals surface area contributed by atoms with Gasteiger partial charge in [0.2, 0.25) is 0 Å². The van der Waals surface area contributed by atoms with Crippen LogP contribution in [-0.4, -0.2) is 44.7 Å². The lowest BCUT2D eigenvalue weighted by Crippen LogP contribution is -2.32. The van der Waals surface area contributed by atoms with Crippen LogP contribution in [0.5, 0.6) is 17.2 Å². The zero-order chi connectivity index (χ0) is 26.6. The lowest BCUT2D eigenvalue weighted by atomic mass is 10.2. The summed E-state index contributed by atoms with van der Waals surface area (Å²) in [7, 11) is -2.90. The molecule has 11 heteroatoms. The van der Waals surface area contributed by atoms with Crippen molar-refractivity contribution in [2.75, 3.05) is 20.3 Å². The van der Waals surface area contributed by atoms with Crippen LogP contribution in [0.4, 0.5) is 9.18 Å². The van der Waals surface area contributed by atoms with Gasteiger partial charge in [-0.15, -0.1) is 0 Å². The van der Waals surface area contributed by atoms with Gasteiger partial charge in [0, 0.05) is 0 Å². The molecule has 1 fully saturated rings. The number of imide groups is 1. The van der Waals surface area contributed by atoms with Crippen LogP contribution < -0.4 is 13.7 Å². The van der Waals surface area contributed by atoms with Crippen LogP contribution in [0.15, 0.2) is 76.5 Å². The highest BCUT2D eigenvalue weighted by molar-refractivity contribution is 8.18. The van der Waals surface area contributed by atoms with Gasteiger partial charge >= 0.3 is 10.1 Å². The highest BCUT2D eigenvalue weighted by atomic mass is 32.2. The maximum absolute atomic E-state index is 13.1. The van der Waals surface area contributed by atoms with Crippen molar-refractivity contribution in [2.24, 2.45) is 0 Å². The Morgan fingerprint density at radius 1 is 0.973 bits per heavy atom. The number of thioether (sulfide) groups is 1. The van der Waals surface area contributed by atoms with Gasteiger partial charge in [-0.3, -0.25) is 14.5 Å². The van der Waals surface area contributed by atoms with E-state index in [4.69, 9.17) is 13.7 Å². The zero-order valence-electron chi connectivity index (χ0n) is 19.8. The van der Waals surface area contributed by atoms with E-state index < -0.39 is 27.1 Å². The van der Waals surface area contributed by atoms with Crippen LogP contribution in [0, 0.1) is 12.7 Å². The zero-order valence-corrected chi connectivity index (χ0v) is 21.5. The van der Waals surface area contributed by atoms with Crippen LogP contribution in [0.1, 0.15) is 11.1 Å². The van der Waals surface area contributed by atoms with Gasteiger partial charge in [-0.1, -0.05) is 23.8 Å². The normalized spacial score (nSPS) is 14.8. The molecule has 1 aliphatic heterocycles. The first-order valence-corrected chi connectivity index (χ1v) is 13.2. The molecule has 1 aliphatic rings. The fourth-order valence-electron chi connectivity index (χ4n) is 3.34. The summed E-state index contributed by atoms with van der Waals surface area (Å²) in [4.78, 5) is 26.3. The van der Waals surface area contributed by atoms with Crippen LogP contribution in [0.2, 0.25) is 0 Å². The third kappa shape index (κ3) is 6.30. The molecule has 0 spiro atoms. The number of nitrogens with zero attached hydrogens (tertiary/aromatic N) is 1. The summed E-state index contributed by atoms with van der Waals surface area (Å²) in [6.45, 7) is 2.20. The van der Waals surface area contributed by atoms with E-state index in [9.17, 15) is 22.4 Å². The predicted molar refractivity (Wildman–Crippen MR) is 137 cm³/mol. The third-order valence-electron chi connectivity index (χ3n) is 5.27. The van der Waals surface area contributed by atoms with Crippen molar-refractivity contribution >= 4 is 39.1 Å². The molecule has 8 nitrogen and oxygen atoms in total. The SMILES string of the molecule is COc1cc(/C=C2\SC(=O)N(CCOc3ccc(C)cc3)C2=O)ccc1OS(=O)(=O)c1ccc(F)cc1. The van der Waals surface area contributed by atoms with Crippen molar-refractivity contribution in [3.8, 4) is 17.2 Å². The first kappa shape index (κ1) is 26.2. The second-order valence-electron chi connectivity index (χ2n) is 7.90. The molecule has 0 atom stereocenters. The summed E-state index contributed by atoms with van der Waals surface area (Å²) < 4.78 is 54.3. The largest absolute Gasteiger partial charge is 0.493 e. The van der Waals surface area contributed by atoms with Gasteiger partial charge in [-0.2, -0.15) is 8.42 Å². The quantitative estimate of drug-likeness (QED) is 0.274. The summed E-state index contributed by atoms with van der Waals surface area (Å²) >= 11 is 0.795. The van der Waals surface area contributed by atoms with Crippen LogP contribution in [-0.2, 0) is 14.9 Å². The Kier molecular flexibility index (Phi) is 7.84. The fourth-order valence-corrected chi connectivity index (χ4v) is 5.15. The van der Waals surface area contributed by atoms with E-state index >= 15 is 0 Å². The van der Waals surface area contributed by atoms with E-state index in [1.54, 1.807) is 0 Å². The molecule has 0 bridgehead atoms. The Bertz CT molecular complexity index is 1450. The minimum Gasteiger partial charge on any atom is -0.493 e. The summed E-state index contributed by atoms with van der Waals surface area (Å²) in [5.74, 6) is -0.399. The van der Waals surface area contributed by atoms with Gasteiger partial charge in [-0.05, 0) is 78.9 Å². The molecule has 0 aromatic heterocycles. The molecule has 192 valence electrons. The molecule has 3 aromatic rings. The topological polar surface area (TPSA) is 99.2 Å². The molecular weight excluding hydrogens is 521 g/mol. The average molecular weight is 544 g/mol. The number of halogens is 1. The van der Waals surface area contributed by atoms with Gasteiger partial charge in [0.25, 0.3) is 11.1 Å². The summed E-state index contributed by atoms with van der Waals surface area (Å²) in [6.07, 6.45) is 1.51. The van der Waals surface area contributed by atoms with E-state index in [1.807, 2.05) is 31.2 Å². The Hall–Kier alpha value is -3.83. The van der Waals surface area contributed by atoms with Crippen LogP contribution in [0.3, 0.4) is 0 Å². The minimum absolute atomic E-state index is 0.0881. The molecule has 0 aliphatic carbocycles. The van der Waals surface area contributed by atoms with Crippen molar-refractivity contribution in [3.05, 3.63) is 88.6 Å². The molecule has 3 aromatic carbocycles. The average Bonchev–Trinajstić information content (AvgIpc) is 3.13. The minimum atomic E-state index is -4.24. The Labute approximate surface area is 217 Å². The van der Waals surface area contributed by atoms with Crippen LogP contribution >= 0.6 is 11.8 Å². The molecule has 2 amide bonds. The first-order chi connectivity index (χ1) is 17.7. The molecule has 1 heterocycles. The first-order valence-electron chi connectivity index (χ1n) is 11.0. The summed E-state index contributed by atoms with van der Waals surface area (Å²) in [5, 5.41) is -0.416. The number of benzene rings is 3. The Morgan fingerprint density at radius 2 is 1.68 bits per heavy atom. The number of hydrogen-bond donors (Lipinski definition) is 0. The van der Waals surface area contributed by atoms with E-state index in [1.165, 1.54) is 31.4 Å². The van der Waals surface area contributed by atoms with Gasteiger partial charge in [0.1, 0.15) is 23.1 Å². The van der Waals surface area contributed by atoms with E-state index in [0.717, 1.165) is 46.5 Å². The molecule has 1 saturated heterocycles. The molecule has 4 rings (SSSR count). The molecule has 0 saturated carbocycles. The predicted octanol–water partition coefficient (Wildman–Crippen LogP) is 5.03. The molecular formula is C26H22FNO7S2. The highest BCUT2D eigenvalue weighted by Crippen LogP contribution is 2.35. The lowest BCUT2D eigenvalue weighted by molar-refractivity contribution is -0.123. The number of amides is 2. The van der Waals surface area contributed by atoms with Crippen molar-refractivity contribution in [3.63, 3.8) is 0 Å². The number of hydrogen-bond acceptors (Lipinski definition) is 8. The number of ether oxygens (including phenoxy) is 2. The maximum Gasteiger partial charge on any atom is 0.339 e. The Morgan fingerprint density at radius 3 is 2.35 bits per heavy atom. The third-order valence-corrected chi connectivity index (χ3v) is 7.42. The smallest absolute Gasteiger partial charge is 0.339 e. The van der Waals surface area contributed by atoms with Gasteiger partial charge in [0.05, 0.1) is 18.6 Å². The molecule has 0 N–H and O–H groups in total. The summed E-state index contributed by atoms with van der Waals surface area (Å²) in [5.41, 5.74) is 1.58. The van der Waals surface area contributed by atoms with Crippen molar-refractivity contribution < 1.29 is 36.1 Å². The van der Waals surface area contributed by atoms with Gasteiger partial charge in [0.15, 0.2) is 11.5 Å². The van der Waals surface area contributed by atoms with Crippen molar-refractivity contribution in [2.45, 2.75) is 11.8 Å². The van der Waals surface area contributed by atoms with Gasteiger partial charge in [-0.25, -0.2) is 4.39 Å². The van der Waals surface area contributed by atoms with Crippen molar-refractivity contribution in [1.82, 2.24) is 4.90 Å². The van der Waals surface area contributed by atoms with E-state index in [2.05, 4.69) is 0 Å². The second kappa shape index (κ2) is 11.1. The monoisotopic (exact) mass is 543 g/mol. The van der Waals surface area contributed by atoms with E-state index in [0.29, 0.717) is 11.3 Å². The number of carbonyl (C=O) groups excluding carboxylic acids is 2. The molecule has 0 unspecified atom stereocenters. The number of rotatable bonds is 9. The second-order valence-corrected chi connectivity index (χ2v) is 10.4. The van der Waals surface area contributed by atoms with E-state index in [-0.39, 0.29) is 34.5 Å². The van der Waals surface area contributed by atoms with Crippen molar-refractivity contribution in [1.29, 1.82) is 0 Å². The number of methoxy groups -OCH3 is 1. The maximum atomic E-state index is 13.1. The summed E-state index contributed by atoms with van der Waals surface area (Å²) in [6, 6.07) is 16.0. The standard InChI is InChI=1S/C26H22FNO7S2/c1-17-3-8-20(9-4-17)34-14-13-28-25(29)24(36-26(28)30)16-18-5-12-22(23(15-18)33-2)35-37(31,32)21-10-6-19(27)7-11-21/h3-12,15-16H,13-14H2,1-2H3/b24-16-. The highest BCUT2D eigenvalue weighted by Gasteiger charge is 2.35. The van der Waals surface area contributed by atoms with Crippen LogP contribution in [0.25, 0.3) is 6.08 Å². The number of aryl methyl sites for hydroxylation is 1.